The second-order valence-electron chi connectivity index (χ2n) is 8.78. The number of carbonyl (C=O) groups excluding carboxylic acids is 2. The number of carboxylic acids is 1. The van der Waals surface area contributed by atoms with E-state index in [-0.39, 0.29) is 36.7 Å². The Morgan fingerprint density at radius 3 is 2.28 bits per heavy atom. The summed E-state index contributed by atoms with van der Waals surface area (Å²) in [6.45, 7) is -0.0306. The Kier molecular flexibility index (Phi) is 8.07. The zero-order chi connectivity index (χ0) is 25.8. The van der Waals surface area contributed by atoms with E-state index in [1.807, 2.05) is 0 Å². The number of carbonyl (C=O) groups is 3. The summed E-state index contributed by atoms with van der Waals surface area (Å²) >= 11 is 1.14. The van der Waals surface area contributed by atoms with Crippen molar-refractivity contribution in [3.8, 4) is 5.75 Å². The number of aliphatic carboxylic acids is 1. The maximum Gasteiger partial charge on any atom is 0.306 e. The number of thioether (sulfide) groups is 1. The van der Waals surface area contributed by atoms with Crippen LogP contribution in [0.2, 0.25) is 0 Å². The predicted molar refractivity (Wildman–Crippen MR) is 125 cm³/mol. The van der Waals surface area contributed by atoms with E-state index in [1.165, 1.54) is 6.07 Å². The minimum Gasteiger partial charge on any atom is -0.490 e. The second-order valence-corrected chi connectivity index (χ2v) is 9.99. The Balaban J connectivity index is 1.24. The SMILES string of the molecule is O=C(NCCNC(=O)C1Cc2cccc(F)c2S1)c1c(F)cc(O[C@H]2CC[C@@H](C(=O)O)CC2)cc1F. The molecule has 1 fully saturated rings. The lowest BCUT2D eigenvalue weighted by atomic mass is 9.87. The first-order valence-corrected chi connectivity index (χ1v) is 12.5. The van der Waals surface area contributed by atoms with E-state index >= 15 is 0 Å². The molecule has 1 unspecified atom stereocenters. The molecule has 7 nitrogen and oxygen atoms in total. The number of hydrogen-bond donors (Lipinski definition) is 3. The third-order valence-corrected chi connectivity index (χ3v) is 7.64. The van der Waals surface area contributed by atoms with E-state index in [1.54, 1.807) is 12.1 Å². The van der Waals surface area contributed by atoms with Crippen LogP contribution in [-0.2, 0) is 16.0 Å². The smallest absolute Gasteiger partial charge is 0.306 e. The van der Waals surface area contributed by atoms with Crippen LogP contribution in [-0.4, -0.2) is 47.3 Å². The Labute approximate surface area is 209 Å². The van der Waals surface area contributed by atoms with Gasteiger partial charge in [-0.25, -0.2) is 13.2 Å². The van der Waals surface area contributed by atoms with Crippen molar-refractivity contribution in [3.05, 3.63) is 58.9 Å². The first-order valence-electron chi connectivity index (χ1n) is 11.6. The number of carboxylic acid groups (broad SMARTS) is 1. The summed E-state index contributed by atoms with van der Waals surface area (Å²) in [5.74, 6) is -5.21. The number of ether oxygens (including phenoxy) is 1. The van der Waals surface area contributed by atoms with Gasteiger partial charge in [0.15, 0.2) is 0 Å². The maximum absolute atomic E-state index is 14.5. The highest BCUT2D eigenvalue weighted by Crippen LogP contribution is 2.38. The topological polar surface area (TPSA) is 105 Å². The van der Waals surface area contributed by atoms with Crippen LogP contribution in [0.5, 0.6) is 5.75 Å². The van der Waals surface area contributed by atoms with Crippen LogP contribution in [0.4, 0.5) is 13.2 Å². The quantitative estimate of drug-likeness (QED) is 0.457. The van der Waals surface area contributed by atoms with Crippen molar-refractivity contribution in [2.24, 2.45) is 5.92 Å². The molecular formula is C25H25F3N2O5S. The normalized spacial score (nSPS) is 20.9. The number of rotatable bonds is 8. The van der Waals surface area contributed by atoms with Gasteiger partial charge >= 0.3 is 5.97 Å². The standard InChI is InChI=1S/C25H25F3N2O5S/c26-17-3-1-2-14-10-20(36-22(14)17)23(31)29-8-9-30-24(32)21-18(27)11-16(12-19(21)28)35-15-6-4-13(5-7-15)25(33)34/h1-3,11-13,15,20H,4-10H2,(H,29,31)(H,30,32)(H,33,34)/t13-,15+,20?. The van der Waals surface area contributed by atoms with E-state index in [0.717, 1.165) is 29.5 Å². The van der Waals surface area contributed by atoms with Crippen LogP contribution in [0.25, 0.3) is 0 Å². The van der Waals surface area contributed by atoms with Gasteiger partial charge in [0.1, 0.15) is 28.8 Å². The first-order chi connectivity index (χ1) is 17.2. The molecule has 2 amide bonds. The number of halogens is 3. The highest BCUT2D eigenvalue weighted by atomic mass is 32.2. The van der Waals surface area contributed by atoms with Crippen LogP contribution in [0, 0.1) is 23.4 Å². The van der Waals surface area contributed by atoms with Gasteiger partial charge in [0.25, 0.3) is 5.91 Å². The molecule has 0 spiro atoms. The predicted octanol–water partition coefficient (Wildman–Crippen LogP) is 3.69. The fourth-order valence-corrected chi connectivity index (χ4v) is 5.62. The highest BCUT2D eigenvalue weighted by molar-refractivity contribution is 8.01. The lowest BCUT2D eigenvalue weighted by Crippen LogP contribution is -2.39. The summed E-state index contributed by atoms with van der Waals surface area (Å²) in [4.78, 5) is 36.2. The third-order valence-electron chi connectivity index (χ3n) is 6.29. The molecule has 0 saturated heterocycles. The molecule has 0 aromatic heterocycles. The zero-order valence-electron chi connectivity index (χ0n) is 19.2. The van der Waals surface area contributed by atoms with E-state index in [4.69, 9.17) is 9.84 Å². The Hall–Kier alpha value is -3.21. The summed E-state index contributed by atoms with van der Waals surface area (Å²) in [6.07, 6.45) is 1.78. The average Bonchev–Trinajstić information content (AvgIpc) is 3.28. The van der Waals surface area contributed by atoms with E-state index in [9.17, 15) is 27.6 Å². The molecule has 2 aliphatic rings. The molecule has 1 heterocycles. The van der Waals surface area contributed by atoms with Crippen LogP contribution in [0.1, 0.15) is 41.6 Å². The van der Waals surface area contributed by atoms with Crippen molar-refractivity contribution >= 4 is 29.5 Å². The molecule has 0 radical (unpaired) electrons. The second kappa shape index (κ2) is 11.2. The molecule has 36 heavy (non-hydrogen) atoms. The van der Waals surface area contributed by atoms with E-state index in [0.29, 0.717) is 37.0 Å². The van der Waals surface area contributed by atoms with Crippen LogP contribution in [0.15, 0.2) is 35.2 Å². The van der Waals surface area contributed by atoms with Crippen molar-refractivity contribution in [2.45, 2.75) is 48.4 Å². The summed E-state index contributed by atoms with van der Waals surface area (Å²) in [6, 6.07) is 6.55. The lowest BCUT2D eigenvalue weighted by molar-refractivity contribution is -0.143. The minimum absolute atomic E-state index is 0.0317. The summed E-state index contributed by atoms with van der Waals surface area (Å²) in [7, 11) is 0. The third kappa shape index (κ3) is 5.95. The Morgan fingerprint density at radius 1 is 0.972 bits per heavy atom. The number of nitrogens with one attached hydrogen (secondary N) is 2. The molecule has 1 aliphatic heterocycles. The van der Waals surface area contributed by atoms with Gasteiger partial charge < -0.3 is 20.5 Å². The maximum atomic E-state index is 14.5. The lowest BCUT2D eigenvalue weighted by Gasteiger charge is -2.26. The van der Waals surface area contributed by atoms with Crippen LogP contribution >= 0.6 is 11.8 Å². The van der Waals surface area contributed by atoms with Crippen LogP contribution < -0.4 is 15.4 Å². The van der Waals surface area contributed by atoms with E-state index < -0.39 is 40.2 Å². The van der Waals surface area contributed by atoms with Crippen molar-refractivity contribution in [3.63, 3.8) is 0 Å². The summed E-state index contributed by atoms with van der Waals surface area (Å²) in [5, 5.41) is 13.6. The molecule has 1 aliphatic carbocycles. The average molecular weight is 523 g/mol. The largest absolute Gasteiger partial charge is 0.490 e. The van der Waals surface area contributed by atoms with Gasteiger partial charge in [0, 0.05) is 30.1 Å². The van der Waals surface area contributed by atoms with Gasteiger partial charge in [-0.05, 0) is 43.7 Å². The molecule has 0 bridgehead atoms. The first kappa shape index (κ1) is 25.9. The fourth-order valence-electron chi connectivity index (χ4n) is 4.39. The summed E-state index contributed by atoms with van der Waals surface area (Å²) < 4.78 is 48.5. The summed E-state index contributed by atoms with van der Waals surface area (Å²) in [5.41, 5.74) is 0.000284. The highest BCUT2D eigenvalue weighted by Gasteiger charge is 2.30. The van der Waals surface area contributed by atoms with Gasteiger partial charge in [-0.2, -0.15) is 0 Å². The Bertz CT molecular complexity index is 1150. The van der Waals surface area contributed by atoms with Crippen molar-refractivity contribution < 1.29 is 37.4 Å². The molecule has 11 heteroatoms. The van der Waals surface area contributed by atoms with Gasteiger partial charge in [0.2, 0.25) is 5.91 Å². The van der Waals surface area contributed by atoms with Crippen molar-refractivity contribution in [1.82, 2.24) is 10.6 Å². The fraction of sp³-hybridized carbons (Fsp3) is 0.400. The molecule has 2 aromatic rings. The molecular weight excluding hydrogens is 497 g/mol. The molecule has 4 rings (SSSR count). The molecule has 3 N–H and O–H groups in total. The van der Waals surface area contributed by atoms with Gasteiger partial charge in [0.05, 0.1) is 17.3 Å². The number of amides is 2. The monoisotopic (exact) mass is 522 g/mol. The van der Waals surface area contributed by atoms with Gasteiger partial charge in [-0.15, -0.1) is 11.8 Å². The Morgan fingerprint density at radius 2 is 1.64 bits per heavy atom. The van der Waals surface area contributed by atoms with Gasteiger partial charge in [-0.1, -0.05) is 12.1 Å². The zero-order valence-corrected chi connectivity index (χ0v) is 20.0. The van der Waals surface area contributed by atoms with Crippen molar-refractivity contribution in [1.29, 1.82) is 0 Å². The van der Waals surface area contributed by atoms with Gasteiger partial charge in [-0.3, -0.25) is 14.4 Å². The number of fused-ring (bicyclic) bond motifs is 1. The molecule has 1 atom stereocenters. The molecule has 2 aromatic carbocycles. The number of benzene rings is 2. The van der Waals surface area contributed by atoms with E-state index in [2.05, 4.69) is 10.6 Å². The van der Waals surface area contributed by atoms with Crippen LogP contribution in [0.3, 0.4) is 0 Å². The number of hydrogen-bond acceptors (Lipinski definition) is 5. The minimum atomic E-state index is -1.09. The van der Waals surface area contributed by atoms with Crippen molar-refractivity contribution in [2.75, 3.05) is 13.1 Å². The molecule has 1 saturated carbocycles. The molecule has 192 valence electrons.